The van der Waals surface area contributed by atoms with E-state index in [-0.39, 0.29) is 10.8 Å². The Balaban J connectivity index is 1.80. The number of epoxide rings is 1. The maximum atomic E-state index is 10.6. The van der Waals surface area contributed by atoms with Crippen LogP contribution < -0.4 is 0 Å². The smallest absolute Gasteiger partial charge is 0.155 e. The fourth-order valence-corrected chi connectivity index (χ4v) is 6.11. The second-order valence-electron chi connectivity index (χ2n) is 8.58. The maximum absolute atomic E-state index is 10.6. The minimum Gasteiger partial charge on any atom is -0.387 e. The molecule has 4 fully saturated rings. The zero-order valence-electron chi connectivity index (χ0n) is 13.2. The third-order valence-corrected chi connectivity index (χ3v) is 8.02. The van der Waals surface area contributed by atoms with E-state index in [1.165, 1.54) is 0 Å². The molecule has 6 heteroatoms. The highest BCUT2D eigenvalue weighted by Crippen LogP contribution is 2.81. The van der Waals surface area contributed by atoms with Crippen molar-refractivity contribution < 1.29 is 30.3 Å². The molecule has 0 aromatic carbocycles. The van der Waals surface area contributed by atoms with Gasteiger partial charge < -0.3 is 30.3 Å². The van der Waals surface area contributed by atoms with Gasteiger partial charge in [0.15, 0.2) is 5.60 Å². The fourth-order valence-electron chi connectivity index (χ4n) is 6.11. The van der Waals surface area contributed by atoms with Gasteiger partial charge in [-0.1, -0.05) is 20.8 Å². The number of hydrogen-bond donors (Lipinski definition) is 5. The Morgan fingerprint density at radius 2 is 1.41 bits per heavy atom. The predicted molar refractivity (Wildman–Crippen MR) is 75.8 cm³/mol. The van der Waals surface area contributed by atoms with E-state index in [1.54, 1.807) is 0 Å². The molecule has 2 bridgehead atoms. The van der Waals surface area contributed by atoms with Gasteiger partial charge in [0.05, 0.1) is 0 Å². The van der Waals surface area contributed by atoms with E-state index in [4.69, 9.17) is 4.74 Å². The standard InChI is InChI=1S/C16H26O6/c1-13(2)7-4-5-14(13,3)15(6-7)16(22-15)11(20)9(18)8(17)10(19)12(16)21/h7-12,17-21H,4-6H2,1-3H3/t7?,8?,9-,10+,11-,12-,14?,15?,16?/m0/s1. The summed E-state index contributed by atoms with van der Waals surface area (Å²) in [6, 6.07) is 0. The molecule has 4 aliphatic rings. The third-order valence-electron chi connectivity index (χ3n) is 8.02. The molecule has 3 aliphatic carbocycles. The Morgan fingerprint density at radius 1 is 0.864 bits per heavy atom. The van der Waals surface area contributed by atoms with Gasteiger partial charge in [-0.05, 0) is 30.6 Å². The van der Waals surface area contributed by atoms with Crippen LogP contribution in [0.1, 0.15) is 40.0 Å². The van der Waals surface area contributed by atoms with E-state index in [0.29, 0.717) is 12.3 Å². The zero-order valence-corrected chi connectivity index (χ0v) is 13.2. The summed E-state index contributed by atoms with van der Waals surface area (Å²) in [5.41, 5.74) is -2.37. The Hall–Kier alpha value is -0.240. The van der Waals surface area contributed by atoms with E-state index in [9.17, 15) is 25.5 Å². The lowest BCUT2D eigenvalue weighted by molar-refractivity contribution is -0.211. The molecular weight excluding hydrogens is 288 g/mol. The quantitative estimate of drug-likeness (QED) is 0.373. The molecule has 3 saturated carbocycles. The Bertz CT molecular complexity index is 505. The molecule has 5 unspecified atom stereocenters. The van der Waals surface area contributed by atoms with Gasteiger partial charge >= 0.3 is 0 Å². The molecule has 1 aliphatic heterocycles. The monoisotopic (exact) mass is 314 g/mol. The second-order valence-corrected chi connectivity index (χ2v) is 8.58. The van der Waals surface area contributed by atoms with Crippen molar-refractivity contribution in [1.82, 2.24) is 0 Å². The number of aliphatic hydroxyl groups is 5. The molecule has 0 aromatic heterocycles. The Kier molecular flexibility index (Phi) is 2.69. The molecule has 6 nitrogen and oxygen atoms in total. The topological polar surface area (TPSA) is 114 Å². The van der Waals surface area contributed by atoms with E-state index >= 15 is 0 Å². The van der Waals surface area contributed by atoms with Gasteiger partial charge in [0.2, 0.25) is 0 Å². The van der Waals surface area contributed by atoms with Crippen LogP contribution in [0, 0.1) is 16.7 Å². The minimum atomic E-state index is -1.57. The van der Waals surface area contributed by atoms with Crippen LogP contribution >= 0.6 is 0 Å². The first-order valence-electron chi connectivity index (χ1n) is 8.17. The largest absolute Gasteiger partial charge is 0.387 e. The fraction of sp³-hybridized carbons (Fsp3) is 1.00. The van der Waals surface area contributed by atoms with Crippen LogP contribution in [0.25, 0.3) is 0 Å². The highest BCUT2D eigenvalue weighted by molar-refractivity contribution is 5.38. The molecular formula is C16H26O6. The van der Waals surface area contributed by atoms with Crippen molar-refractivity contribution >= 4 is 0 Å². The lowest BCUT2D eigenvalue weighted by Gasteiger charge is -2.45. The van der Waals surface area contributed by atoms with Gasteiger partial charge in [-0.15, -0.1) is 0 Å². The van der Waals surface area contributed by atoms with E-state index in [0.717, 1.165) is 12.8 Å². The molecule has 1 saturated heterocycles. The first kappa shape index (κ1) is 15.3. The van der Waals surface area contributed by atoms with Crippen LogP contribution in [-0.2, 0) is 4.74 Å². The summed E-state index contributed by atoms with van der Waals surface area (Å²) in [7, 11) is 0. The van der Waals surface area contributed by atoms with Gasteiger partial charge in [0.1, 0.15) is 36.1 Å². The molecule has 0 aromatic rings. The van der Waals surface area contributed by atoms with Crippen molar-refractivity contribution in [2.45, 2.75) is 81.8 Å². The van der Waals surface area contributed by atoms with Crippen LogP contribution in [0.15, 0.2) is 0 Å². The number of rotatable bonds is 0. The van der Waals surface area contributed by atoms with Gasteiger partial charge in [-0.25, -0.2) is 0 Å². The van der Waals surface area contributed by atoms with Crippen molar-refractivity contribution in [3.05, 3.63) is 0 Å². The maximum Gasteiger partial charge on any atom is 0.155 e. The molecule has 0 radical (unpaired) electrons. The van der Waals surface area contributed by atoms with Gasteiger partial charge in [0.25, 0.3) is 0 Å². The van der Waals surface area contributed by atoms with E-state index < -0.39 is 41.7 Å². The molecule has 0 amide bonds. The number of ether oxygens (including phenoxy) is 1. The summed E-state index contributed by atoms with van der Waals surface area (Å²) in [6.45, 7) is 6.51. The number of fused-ring (bicyclic) bond motifs is 4. The lowest BCUT2D eigenvalue weighted by Crippen LogP contribution is -2.69. The molecule has 1 heterocycles. The van der Waals surface area contributed by atoms with Crippen LogP contribution in [-0.4, -0.2) is 67.3 Å². The van der Waals surface area contributed by atoms with Crippen LogP contribution in [0.4, 0.5) is 0 Å². The summed E-state index contributed by atoms with van der Waals surface area (Å²) >= 11 is 0. The number of hydrogen-bond acceptors (Lipinski definition) is 6. The summed E-state index contributed by atoms with van der Waals surface area (Å²) in [5.74, 6) is 0.428. The summed E-state index contributed by atoms with van der Waals surface area (Å²) < 4.78 is 6.05. The summed E-state index contributed by atoms with van der Waals surface area (Å²) in [6.07, 6.45) is -4.71. The van der Waals surface area contributed by atoms with E-state index in [1.807, 2.05) is 0 Å². The molecule has 22 heavy (non-hydrogen) atoms. The number of aliphatic hydroxyl groups excluding tert-OH is 5. The lowest BCUT2D eigenvalue weighted by atomic mass is 9.59. The molecule has 9 atom stereocenters. The molecule has 126 valence electrons. The summed E-state index contributed by atoms with van der Waals surface area (Å²) in [4.78, 5) is 0. The zero-order chi connectivity index (χ0) is 16.3. The van der Waals surface area contributed by atoms with Crippen LogP contribution in [0.5, 0.6) is 0 Å². The first-order valence-corrected chi connectivity index (χ1v) is 8.17. The van der Waals surface area contributed by atoms with Gasteiger partial charge in [-0.2, -0.15) is 0 Å². The minimum absolute atomic E-state index is 0.00189. The van der Waals surface area contributed by atoms with Crippen LogP contribution in [0.3, 0.4) is 0 Å². The normalized spacial score (nSPS) is 65.5. The third kappa shape index (κ3) is 1.21. The predicted octanol–water partition coefficient (Wildman–Crippen LogP) is -0.842. The highest BCUT2D eigenvalue weighted by atomic mass is 16.7. The Labute approximate surface area is 129 Å². The summed E-state index contributed by atoms with van der Waals surface area (Å²) in [5, 5.41) is 51.1. The van der Waals surface area contributed by atoms with Crippen molar-refractivity contribution in [3.8, 4) is 0 Å². The van der Waals surface area contributed by atoms with Crippen LogP contribution in [0.2, 0.25) is 0 Å². The van der Waals surface area contributed by atoms with Crippen molar-refractivity contribution in [2.75, 3.05) is 0 Å². The van der Waals surface area contributed by atoms with Gasteiger partial charge in [0, 0.05) is 5.41 Å². The average molecular weight is 314 g/mol. The Morgan fingerprint density at radius 3 is 1.82 bits per heavy atom. The van der Waals surface area contributed by atoms with Gasteiger partial charge in [-0.3, -0.25) is 0 Å². The highest BCUT2D eigenvalue weighted by Gasteiger charge is 2.91. The van der Waals surface area contributed by atoms with Crippen molar-refractivity contribution in [3.63, 3.8) is 0 Å². The molecule has 5 N–H and O–H groups in total. The van der Waals surface area contributed by atoms with E-state index in [2.05, 4.69) is 20.8 Å². The van der Waals surface area contributed by atoms with Crippen molar-refractivity contribution in [2.24, 2.45) is 16.7 Å². The second kappa shape index (κ2) is 3.87. The molecule has 2 spiro atoms. The van der Waals surface area contributed by atoms with Crippen molar-refractivity contribution in [1.29, 1.82) is 0 Å². The average Bonchev–Trinajstić information content (AvgIpc) is 3.04. The molecule has 4 rings (SSSR count). The SMILES string of the molecule is CC1(C)C2CCC1(C)C1(C2)OC12[C@@H](O)[C@H](O)C(O)[C@H](O)[C@@H]2O. The first-order chi connectivity index (χ1) is 10.1.